The summed E-state index contributed by atoms with van der Waals surface area (Å²) in [6.07, 6.45) is 1.62. The van der Waals surface area contributed by atoms with Crippen LogP contribution in [-0.2, 0) is 20.8 Å². The van der Waals surface area contributed by atoms with E-state index < -0.39 is 17.7 Å². The fourth-order valence-corrected chi connectivity index (χ4v) is 4.54. The smallest absolute Gasteiger partial charge is 0.411 e. The topological polar surface area (TPSA) is 114 Å². The first-order valence-corrected chi connectivity index (χ1v) is 12.6. The number of carboxylic acids is 1. The summed E-state index contributed by atoms with van der Waals surface area (Å²) in [5.74, 6) is -0.793. The van der Waals surface area contributed by atoms with Gasteiger partial charge in [0.2, 0.25) is 0 Å². The number of carboxylic acid groups (broad SMARTS) is 1. The van der Waals surface area contributed by atoms with Crippen LogP contribution < -0.4 is 5.32 Å². The maximum atomic E-state index is 13.1. The van der Waals surface area contributed by atoms with Crippen LogP contribution in [-0.4, -0.2) is 59.1 Å². The number of anilines is 1. The maximum Gasteiger partial charge on any atom is 0.411 e. The van der Waals surface area contributed by atoms with Gasteiger partial charge in [-0.3, -0.25) is 5.32 Å². The van der Waals surface area contributed by atoms with Gasteiger partial charge >= 0.3 is 18.2 Å². The van der Waals surface area contributed by atoms with Gasteiger partial charge in [-0.25, -0.2) is 14.4 Å². The van der Waals surface area contributed by atoms with E-state index >= 15 is 0 Å². The van der Waals surface area contributed by atoms with E-state index in [9.17, 15) is 14.4 Å². The molecule has 0 bridgehead atoms. The Morgan fingerprint density at radius 1 is 1.03 bits per heavy atom. The summed E-state index contributed by atoms with van der Waals surface area (Å²) in [6.45, 7) is 7.04. The molecule has 2 atom stereocenters. The number of carbonyl (C=O) groups is 3. The lowest BCUT2D eigenvalue weighted by atomic mass is 10.1. The van der Waals surface area contributed by atoms with Gasteiger partial charge in [-0.05, 0) is 75.4 Å². The first-order valence-electron chi connectivity index (χ1n) is 12.6. The van der Waals surface area contributed by atoms with E-state index in [4.69, 9.17) is 19.3 Å². The Hall–Kier alpha value is -3.59. The van der Waals surface area contributed by atoms with Crippen LogP contribution in [0.5, 0.6) is 0 Å². The molecule has 2 unspecified atom stereocenters. The minimum atomic E-state index is -1.03. The molecule has 1 aliphatic heterocycles. The number of nitrogens with zero attached hydrogens (tertiary/aromatic N) is 1. The molecule has 1 saturated carbocycles. The molecule has 2 amide bonds. The Morgan fingerprint density at radius 2 is 1.68 bits per heavy atom. The standard InChI is InChI=1S/C28H34N2O7/c1-28(2,3)37-27(34)30(22-12-14-35-15-13-22)24-16-23(24)19-6-4-18(5-7-19)17-36-26(33)29-21-10-8-20(9-11-21)25(31)32/h4-11,22-24H,12-17H2,1-3H3,(H,29,33)(H,31,32). The molecule has 2 fully saturated rings. The molecule has 0 spiro atoms. The van der Waals surface area contributed by atoms with E-state index in [2.05, 4.69) is 5.32 Å². The average molecular weight is 511 g/mol. The van der Waals surface area contributed by atoms with Gasteiger partial charge in [-0.1, -0.05) is 24.3 Å². The van der Waals surface area contributed by atoms with Crippen LogP contribution in [0.2, 0.25) is 0 Å². The van der Waals surface area contributed by atoms with E-state index in [1.807, 2.05) is 49.9 Å². The number of rotatable bonds is 7. The van der Waals surface area contributed by atoms with Crippen molar-refractivity contribution in [3.8, 4) is 0 Å². The average Bonchev–Trinajstić information content (AvgIpc) is 3.63. The minimum Gasteiger partial charge on any atom is -0.478 e. The third-order valence-corrected chi connectivity index (χ3v) is 6.46. The fraction of sp³-hybridized carbons (Fsp3) is 0.464. The van der Waals surface area contributed by atoms with Crippen LogP contribution in [0.3, 0.4) is 0 Å². The van der Waals surface area contributed by atoms with Gasteiger partial charge in [0.15, 0.2) is 0 Å². The molecule has 2 N–H and O–H groups in total. The molecule has 0 radical (unpaired) electrons. The van der Waals surface area contributed by atoms with Gasteiger partial charge in [-0.15, -0.1) is 0 Å². The molecule has 2 aliphatic rings. The molecule has 4 rings (SSSR count). The number of amides is 2. The lowest BCUT2D eigenvalue weighted by molar-refractivity contribution is -0.00860. The zero-order valence-corrected chi connectivity index (χ0v) is 21.4. The largest absolute Gasteiger partial charge is 0.478 e. The van der Waals surface area contributed by atoms with Gasteiger partial charge in [-0.2, -0.15) is 0 Å². The lowest BCUT2D eigenvalue weighted by Crippen LogP contribution is -2.47. The summed E-state index contributed by atoms with van der Waals surface area (Å²) in [4.78, 5) is 38.1. The second-order valence-corrected chi connectivity index (χ2v) is 10.5. The Morgan fingerprint density at radius 3 is 2.27 bits per heavy atom. The van der Waals surface area contributed by atoms with Crippen molar-refractivity contribution in [1.29, 1.82) is 0 Å². The van der Waals surface area contributed by atoms with E-state index in [-0.39, 0.29) is 36.3 Å². The Balaban J connectivity index is 1.31. The highest BCUT2D eigenvalue weighted by molar-refractivity contribution is 5.89. The highest BCUT2D eigenvalue weighted by Gasteiger charge is 2.48. The summed E-state index contributed by atoms with van der Waals surface area (Å²) >= 11 is 0. The Bertz CT molecular complexity index is 1100. The quantitative estimate of drug-likeness (QED) is 0.512. The van der Waals surface area contributed by atoms with E-state index in [1.54, 1.807) is 0 Å². The van der Waals surface area contributed by atoms with Crippen molar-refractivity contribution in [2.24, 2.45) is 0 Å². The van der Waals surface area contributed by atoms with Crippen LogP contribution in [0.15, 0.2) is 48.5 Å². The second-order valence-electron chi connectivity index (χ2n) is 10.5. The van der Waals surface area contributed by atoms with Gasteiger partial charge in [0.05, 0.1) is 5.56 Å². The number of hydrogen-bond acceptors (Lipinski definition) is 6. The Kier molecular flexibility index (Phi) is 8.02. The number of nitrogens with one attached hydrogen (secondary N) is 1. The molecule has 37 heavy (non-hydrogen) atoms. The zero-order chi connectivity index (χ0) is 26.6. The first kappa shape index (κ1) is 26.5. The van der Waals surface area contributed by atoms with Crippen molar-refractivity contribution in [3.63, 3.8) is 0 Å². The molecule has 198 valence electrons. The molecule has 1 saturated heterocycles. The molecule has 9 nitrogen and oxygen atoms in total. The van der Waals surface area contributed by atoms with Crippen LogP contribution in [0.4, 0.5) is 15.3 Å². The van der Waals surface area contributed by atoms with Crippen molar-refractivity contribution in [1.82, 2.24) is 4.90 Å². The number of hydrogen-bond donors (Lipinski definition) is 2. The van der Waals surface area contributed by atoms with Crippen molar-refractivity contribution >= 4 is 23.8 Å². The summed E-state index contributed by atoms with van der Waals surface area (Å²) < 4.78 is 16.5. The van der Waals surface area contributed by atoms with Crippen LogP contribution in [0.1, 0.15) is 67.4 Å². The first-order chi connectivity index (χ1) is 17.6. The second kappa shape index (κ2) is 11.2. The number of aromatic carboxylic acids is 1. The molecular formula is C28H34N2O7. The number of carbonyl (C=O) groups excluding carboxylic acids is 2. The summed E-state index contributed by atoms with van der Waals surface area (Å²) in [5.41, 5.74) is 2.01. The molecule has 0 aromatic heterocycles. The Labute approximate surface area is 216 Å². The van der Waals surface area contributed by atoms with E-state index in [1.165, 1.54) is 24.3 Å². The van der Waals surface area contributed by atoms with Gasteiger partial charge in [0.25, 0.3) is 0 Å². The minimum absolute atomic E-state index is 0.0957. The summed E-state index contributed by atoms with van der Waals surface area (Å²) in [5, 5.41) is 11.5. The van der Waals surface area contributed by atoms with Crippen LogP contribution in [0.25, 0.3) is 0 Å². The van der Waals surface area contributed by atoms with Crippen molar-refractivity contribution in [2.45, 2.75) is 70.2 Å². The highest BCUT2D eigenvalue weighted by atomic mass is 16.6. The molecule has 2 aromatic carbocycles. The molecule has 1 heterocycles. The highest BCUT2D eigenvalue weighted by Crippen LogP contribution is 2.46. The van der Waals surface area contributed by atoms with Crippen molar-refractivity contribution in [3.05, 3.63) is 65.2 Å². The molecule has 9 heteroatoms. The van der Waals surface area contributed by atoms with Gasteiger partial charge in [0.1, 0.15) is 12.2 Å². The SMILES string of the molecule is CC(C)(C)OC(=O)N(C1CCOCC1)C1CC1c1ccc(COC(=O)Nc2ccc(C(=O)O)cc2)cc1. The summed E-state index contributed by atoms with van der Waals surface area (Å²) in [7, 11) is 0. The predicted octanol–water partition coefficient (Wildman–Crippen LogP) is 5.41. The lowest BCUT2D eigenvalue weighted by Gasteiger charge is -2.36. The third kappa shape index (κ3) is 7.22. The van der Waals surface area contributed by atoms with Crippen molar-refractivity contribution in [2.75, 3.05) is 18.5 Å². The van der Waals surface area contributed by atoms with Gasteiger partial charge < -0.3 is 24.2 Å². The maximum absolute atomic E-state index is 13.1. The number of ether oxygens (including phenoxy) is 3. The molecule has 2 aromatic rings. The van der Waals surface area contributed by atoms with Crippen LogP contribution >= 0.6 is 0 Å². The van der Waals surface area contributed by atoms with E-state index in [0.717, 1.165) is 30.4 Å². The predicted molar refractivity (Wildman–Crippen MR) is 137 cm³/mol. The van der Waals surface area contributed by atoms with Crippen LogP contribution in [0, 0.1) is 0 Å². The number of benzene rings is 2. The molecular weight excluding hydrogens is 476 g/mol. The van der Waals surface area contributed by atoms with Gasteiger partial charge in [0, 0.05) is 36.9 Å². The van der Waals surface area contributed by atoms with Crippen molar-refractivity contribution < 1.29 is 33.7 Å². The molecule has 1 aliphatic carbocycles. The third-order valence-electron chi connectivity index (χ3n) is 6.46. The normalized spacial score (nSPS) is 19.5. The monoisotopic (exact) mass is 510 g/mol. The zero-order valence-electron chi connectivity index (χ0n) is 21.4. The van der Waals surface area contributed by atoms with E-state index in [0.29, 0.717) is 18.9 Å². The fourth-order valence-electron chi connectivity index (χ4n) is 4.54. The summed E-state index contributed by atoms with van der Waals surface area (Å²) in [6, 6.07) is 13.9.